The third kappa shape index (κ3) is 5.67. The van der Waals surface area contributed by atoms with Crippen molar-refractivity contribution in [2.24, 2.45) is 0 Å². The molecule has 4 heteroatoms. The highest BCUT2D eigenvalue weighted by Gasteiger charge is 2.18. The molecular formula is C40H46N2O2. The third-order valence-electron chi connectivity index (χ3n) is 9.54. The first-order valence-corrected chi connectivity index (χ1v) is 17.1. The lowest BCUT2D eigenvalue weighted by atomic mass is 9.97. The van der Waals surface area contributed by atoms with Crippen molar-refractivity contribution >= 4 is 54.4 Å². The summed E-state index contributed by atoms with van der Waals surface area (Å²) in [5.74, 6) is 0. The third-order valence-corrected chi connectivity index (χ3v) is 9.54. The Morgan fingerprint density at radius 1 is 0.409 bits per heavy atom. The van der Waals surface area contributed by atoms with Gasteiger partial charge in [0.25, 0.3) is 0 Å². The molecule has 0 bridgehead atoms. The van der Waals surface area contributed by atoms with Crippen LogP contribution in [0, 0.1) is 0 Å². The molecule has 44 heavy (non-hydrogen) atoms. The van der Waals surface area contributed by atoms with Gasteiger partial charge >= 0.3 is 0 Å². The molecule has 2 heterocycles. The SMILES string of the molecule is CCCCCCCCn1c2ccccc2c(=O)c2c3ccc4c(c(=O)c5ccccc5n4CCCCCCCC)c3ccc21. The number of unbranched alkanes of at least 4 members (excludes halogenated alkanes) is 10. The van der Waals surface area contributed by atoms with Crippen LogP contribution in [0.3, 0.4) is 0 Å². The van der Waals surface area contributed by atoms with Gasteiger partial charge in [0.1, 0.15) is 0 Å². The maximum atomic E-state index is 14.2. The van der Waals surface area contributed by atoms with Crippen molar-refractivity contribution in [3.8, 4) is 0 Å². The van der Waals surface area contributed by atoms with Gasteiger partial charge in [-0.25, -0.2) is 0 Å². The van der Waals surface area contributed by atoms with E-state index >= 15 is 0 Å². The van der Waals surface area contributed by atoms with Gasteiger partial charge in [0.15, 0.2) is 10.9 Å². The first-order chi connectivity index (χ1) is 21.7. The van der Waals surface area contributed by atoms with E-state index in [4.69, 9.17) is 0 Å². The Kier molecular flexibility index (Phi) is 9.45. The van der Waals surface area contributed by atoms with Gasteiger partial charge in [-0.05, 0) is 60.0 Å². The fourth-order valence-corrected chi connectivity index (χ4v) is 7.22. The number of nitrogens with zero attached hydrogens (tertiary/aromatic N) is 2. The number of hydrogen-bond acceptors (Lipinski definition) is 2. The lowest BCUT2D eigenvalue weighted by molar-refractivity contribution is 0.570. The van der Waals surface area contributed by atoms with E-state index in [0.29, 0.717) is 0 Å². The monoisotopic (exact) mass is 586 g/mol. The Labute approximate surface area is 260 Å². The topological polar surface area (TPSA) is 44.0 Å². The van der Waals surface area contributed by atoms with Gasteiger partial charge in [-0.2, -0.15) is 0 Å². The molecule has 0 saturated heterocycles. The molecule has 6 aromatic rings. The van der Waals surface area contributed by atoms with Gasteiger partial charge in [-0.3, -0.25) is 9.59 Å². The maximum absolute atomic E-state index is 14.2. The van der Waals surface area contributed by atoms with E-state index in [1.165, 1.54) is 64.2 Å². The highest BCUT2D eigenvalue weighted by Crippen LogP contribution is 2.32. The largest absolute Gasteiger partial charge is 0.340 e. The number of aromatic nitrogens is 2. The van der Waals surface area contributed by atoms with Crippen LogP contribution in [0.2, 0.25) is 0 Å². The van der Waals surface area contributed by atoms with Gasteiger partial charge in [-0.1, -0.05) is 114 Å². The summed E-state index contributed by atoms with van der Waals surface area (Å²) < 4.78 is 4.68. The van der Waals surface area contributed by atoms with E-state index in [9.17, 15) is 9.59 Å². The van der Waals surface area contributed by atoms with Crippen LogP contribution in [0.25, 0.3) is 54.4 Å². The molecule has 4 nitrogen and oxygen atoms in total. The molecule has 0 saturated carbocycles. The molecule has 0 aliphatic heterocycles. The lowest BCUT2D eigenvalue weighted by Crippen LogP contribution is -2.14. The van der Waals surface area contributed by atoms with Crippen molar-refractivity contribution in [2.75, 3.05) is 0 Å². The zero-order chi connectivity index (χ0) is 30.5. The van der Waals surface area contributed by atoms with Gasteiger partial charge in [-0.15, -0.1) is 0 Å². The molecule has 0 aliphatic rings. The molecule has 0 amide bonds. The van der Waals surface area contributed by atoms with Crippen LogP contribution < -0.4 is 10.9 Å². The highest BCUT2D eigenvalue weighted by atomic mass is 16.1. The number of rotatable bonds is 14. The summed E-state index contributed by atoms with van der Waals surface area (Å²) in [7, 11) is 0. The molecule has 228 valence electrons. The standard InChI is InChI=1S/C40H46N2O2/c1-3-5-7-9-11-17-27-41-33-21-15-13-19-31(33)39(43)37-29-24-26-36-38(30(29)23-25-35(37)41)40(44)32-20-14-16-22-34(32)42(36)28-18-12-10-8-6-4-2/h13-16,19-26H,3-12,17-18,27-28H2,1-2H3. The predicted octanol–water partition coefficient (Wildman–Crippen LogP) is 10.5. The first-order valence-electron chi connectivity index (χ1n) is 17.1. The fourth-order valence-electron chi connectivity index (χ4n) is 7.22. The molecule has 0 atom stereocenters. The molecule has 4 aromatic carbocycles. The Hall–Kier alpha value is -3.92. The summed E-state index contributed by atoms with van der Waals surface area (Å²) in [4.78, 5) is 28.3. The second-order valence-electron chi connectivity index (χ2n) is 12.5. The Balaban J connectivity index is 1.52. The summed E-state index contributed by atoms with van der Waals surface area (Å²) in [6.07, 6.45) is 14.7. The number of fused-ring (bicyclic) bond motifs is 7. The Morgan fingerprint density at radius 3 is 1.23 bits per heavy atom. The summed E-state index contributed by atoms with van der Waals surface area (Å²) in [6, 6.07) is 24.4. The fraction of sp³-hybridized carbons (Fsp3) is 0.400. The van der Waals surface area contributed by atoms with Crippen LogP contribution >= 0.6 is 0 Å². The van der Waals surface area contributed by atoms with Crippen LogP contribution in [-0.4, -0.2) is 9.13 Å². The molecule has 0 spiro atoms. The maximum Gasteiger partial charge on any atom is 0.197 e. The zero-order valence-corrected chi connectivity index (χ0v) is 26.5. The van der Waals surface area contributed by atoms with Gasteiger partial charge in [0, 0.05) is 23.9 Å². The smallest absolute Gasteiger partial charge is 0.197 e. The Bertz CT molecular complexity index is 1900. The van der Waals surface area contributed by atoms with Crippen LogP contribution in [0.4, 0.5) is 0 Å². The van der Waals surface area contributed by atoms with E-state index in [0.717, 1.165) is 80.3 Å². The van der Waals surface area contributed by atoms with Crippen molar-refractivity contribution in [1.29, 1.82) is 0 Å². The van der Waals surface area contributed by atoms with E-state index in [-0.39, 0.29) is 10.9 Å². The summed E-state index contributed by atoms with van der Waals surface area (Å²) in [5, 5.41) is 4.70. The van der Waals surface area contributed by atoms with Crippen molar-refractivity contribution < 1.29 is 0 Å². The minimum atomic E-state index is 0.0490. The molecule has 6 rings (SSSR count). The molecule has 0 N–H and O–H groups in total. The van der Waals surface area contributed by atoms with Crippen molar-refractivity contribution in [1.82, 2.24) is 9.13 Å². The quantitative estimate of drug-likeness (QED) is 0.0724. The van der Waals surface area contributed by atoms with Crippen molar-refractivity contribution in [2.45, 2.75) is 104 Å². The lowest BCUT2D eigenvalue weighted by Gasteiger charge is -2.19. The highest BCUT2D eigenvalue weighted by molar-refractivity contribution is 6.18. The normalized spacial score (nSPS) is 12.0. The van der Waals surface area contributed by atoms with Gasteiger partial charge in [0.05, 0.1) is 32.8 Å². The summed E-state index contributed by atoms with van der Waals surface area (Å²) in [5.41, 5.74) is 4.00. The molecule has 0 radical (unpaired) electrons. The summed E-state index contributed by atoms with van der Waals surface area (Å²) >= 11 is 0. The zero-order valence-electron chi connectivity index (χ0n) is 26.5. The second kappa shape index (κ2) is 13.8. The number of para-hydroxylation sites is 2. The number of hydrogen-bond donors (Lipinski definition) is 0. The minimum absolute atomic E-state index is 0.0490. The van der Waals surface area contributed by atoms with E-state index in [2.05, 4.69) is 59.4 Å². The van der Waals surface area contributed by atoms with Crippen molar-refractivity contribution in [3.63, 3.8) is 0 Å². The van der Waals surface area contributed by atoms with Gasteiger partial charge in [0.2, 0.25) is 0 Å². The molecule has 2 aromatic heterocycles. The van der Waals surface area contributed by atoms with Crippen LogP contribution in [-0.2, 0) is 13.1 Å². The van der Waals surface area contributed by atoms with Crippen LogP contribution in [0.15, 0.2) is 82.4 Å². The second-order valence-corrected chi connectivity index (χ2v) is 12.5. The average molecular weight is 587 g/mol. The molecule has 0 fully saturated rings. The first kappa shape index (κ1) is 30.1. The number of aryl methyl sites for hydroxylation is 2. The van der Waals surface area contributed by atoms with Crippen LogP contribution in [0.5, 0.6) is 0 Å². The van der Waals surface area contributed by atoms with E-state index in [1.807, 2.05) is 36.4 Å². The Morgan fingerprint density at radius 2 is 0.795 bits per heavy atom. The number of pyridine rings is 2. The van der Waals surface area contributed by atoms with Crippen molar-refractivity contribution in [3.05, 3.63) is 93.2 Å². The van der Waals surface area contributed by atoms with E-state index in [1.54, 1.807) is 0 Å². The summed E-state index contributed by atoms with van der Waals surface area (Å²) in [6.45, 7) is 6.25. The van der Waals surface area contributed by atoms with Gasteiger partial charge < -0.3 is 9.13 Å². The molecule has 0 aliphatic carbocycles. The number of benzene rings is 4. The predicted molar refractivity (Wildman–Crippen MR) is 189 cm³/mol. The minimum Gasteiger partial charge on any atom is -0.340 e. The molecule has 0 unspecified atom stereocenters. The van der Waals surface area contributed by atoms with Crippen LogP contribution in [0.1, 0.15) is 90.9 Å². The average Bonchev–Trinajstić information content (AvgIpc) is 3.06. The van der Waals surface area contributed by atoms with E-state index < -0.39 is 0 Å². The molecular weight excluding hydrogens is 540 g/mol.